The van der Waals surface area contributed by atoms with Crippen LogP contribution in [-0.4, -0.2) is 48.9 Å². The number of ether oxygens (including phenoxy) is 3. The highest BCUT2D eigenvalue weighted by atomic mass is 16.6. The lowest BCUT2D eigenvalue weighted by molar-refractivity contribution is -0.147. The summed E-state index contributed by atoms with van der Waals surface area (Å²) >= 11 is 0. The molecule has 0 spiro atoms. The molecule has 2 aliphatic rings. The molecule has 1 aliphatic heterocycles. The first kappa shape index (κ1) is 19.7. The molecule has 1 aliphatic carbocycles. The van der Waals surface area contributed by atoms with E-state index in [1.165, 1.54) is 6.08 Å². The fraction of sp³-hybridized carbons (Fsp3) is 0.261. The van der Waals surface area contributed by atoms with E-state index in [0.717, 1.165) is 27.2 Å². The zero-order chi connectivity index (χ0) is 21.1. The summed E-state index contributed by atoms with van der Waals surface area (Å²) in [5.74, 6) is -1.37. The predicted molar refractivity (Wildman–Crippen MR) is 107 cm³/mol. The molecule has 7 nitrogen and oxygen atoms in total. The van der Waals surface area contributed by atoms with Crippen LogP contribution in [0.5, 0.6) is 0 Å². The van der Waals surface area contributed by atoms with E-state index in [1.54, 1.807) is 0 Å². The average molecular weight is 407 g/mol. The van der Waals surface area contributed by atoms with Crippen molar-refractivity contribution in [3.63, 3.8) is 0 Å². The number of fused-ring (bicyclic) bond motifs is 3. The van der Waals surface area contributed by atoms with Crippen LogP contribution in [0.2, 0.25) is 0 Å². The number of carbonyl (C=O) groups is 3. The number of hydrogen-bond acceptors (Lipinski definition) is 6. The van der Waals surface area contributed by atoms with Gasteiger partial charge in [0, 0.05) is 5.92 Å². The summed E-state index contributed by atoms with van der Waals surface area (Å²) in [5.41, 5.74) is 4.42. The number of esters is 2. The van der Waals surface area contributed by atoms with Crippen molar-refractivity contribution < 1.29 is 28.6 Å². The van der Waals surface area contributed by atoms with Crippen molar-refractivity contribution in [2.75, 3.05) is 19.9 Å². The van der Waals surface area contributed by atoms with Crippen molar-refractivity contribution in [3.8, 4) is 11.1 Å². The quantitative estimate of drug-likeness (QED) is 0.415. The number of nitrogens with zero attached hydrogens (tertiary/aromatic N) is 1. The van der Waals surface area contributed by atoms with Crippen LogP contribution in [-0.2, 0) is 23.8 Å². The Morgan fingerprint density at radius 2 is 1.70 bits per heavy atom. The Bertz CT molecular complexity index is 955. The summed E-state index contributed by atoms with van der Waals surface area (Å²) in [6, 6.07) is 15.0. The third kappa shape index (κ3) is 3.66. The molecule has 1 saturated heterocycles. The van der Waals surface area contributed by atoms with Gasteiger partial charge in [0.1, 0.15) is 19.3 Å². The zero-order valence-corrected chi connectivity index (χ0v) is 16.3. The lowest BCUT2D eigenvalue weighted by Gasteiger charge is -2.21. The molecule has 7 heteroatoms. The standard InChI is InChI=1S/C23H21NO6/c1-2-11-28-21(25)12-20-22(26)30-14-24(20)23(27)29-13-19-17-9-5-3-7-15(17)16-8-4-6-10-18(16)19/h2-10,19-20H,1,11-14H2. The molecule has 0 saturated carbocycles. The average Bonchev–Trinajstić information content (AvgIpc) is 3.28. The highest BCUT2D eigenvalue weighted by Crippen LogP contribution is 2.44. The van der Waals surface area contributed by atoms with Gasteiger partial charge in [-0.15, -0.1) is 0 Å². The smallest absolute Gasteiger partial charge is 0.413 e. The van der Waals surface area contributed by atoms with Gasteiger partial charge in [-0.3, -0.25) is 9.69 Å². The maximum Gasteiger partial charge on any atom is 0.413 e. The topological polar surface area (TPSA) is 82.1 Å². The first-order chi connectivity index (χ1) is 14.6. The van der Waals surface area contributed by atoms with Crippen LogP contribution in [0.4, 0.5) is 4.79 Å². The van der Waals surface area contributed by atoms with Gasteiger partial charge in [-0.1, -0.05) is 61.2 Å². The van der Waals surface area contributed by atoms with Gasteiger partial charge in [-0.2, -0.15) is 0 Å². The first-order valence-electron chi connectivity index (χ1n) is 9.65. The van der Waals surface area contributed by atoms with Crippen molar-refractivity contribution in [2.45, 2.75) is 18.4 Å². The lowest BCUT2D eigenvalue weighted by atomic mass is 9.98. The van der Waals surface area contributed by atoms with Gasteiger partial charge >= 0.3 is 18.0 Å². The van der Waals surface area contributed by atoms with E-state index >= 15 is 0 Å². The molecule has 2 aromatic carbocycles. The normalized spacial score (nSPS) is 17.1. The second kappa shape index (κ2) is 8.41. The molecular weight excluding hydrogens is 386 g/mol. The fourth-order valence-corrected chi connectivity index (χ4v) is 3.87. The number of cyclic esters (lactones) is 1. The molecule has 1 amide bonds. The Morgan fingerprint density at radius 1 is 1.07 bits per heavy atom. The maximum atomic E-state index is 12.7. The van der Waals surface area contributed by atoms with Gasteiger partial charge in [0.05, 0.1) is 6.42 Å². The zero-order valence-electron chi connectivity index (χ0n) is 16.3. The maximum absolute atomic E-state index is 12.7. The van der Waals surface area contributed by atoms with E-state index in [0.29, 0.717) is 0 Å². The second-order valence-electron chi connectivity index (χ2n) is 7.06. The van der Waals surface area contributed by atoms with Crippen LogP contribution in [0.25, 0.3) is 11.1 Å². The van der Waals surface area contributed by atoms with Crippen LogP contribution in [0, 0.1) is 0 Å². The van der Waals surface area contributed by atoms with E-state index in [4.69, 9.17) is 14.2 Å². The molecule has 1 atom stereocenters. The van der Waals surface area contributed by atoms with Gasteiger partial charge in [0.2, 0.25) is 0 Å². The molecule has 4 rings (SSSR count). The number of amides is 1. The summed E-state index contributed by atoms with van der Waals surface area (Å²) in [6.07, 6.45) is 0.426. The molecule has 0 aromatic heterocycles. The molecule has 1 unspecified atom stereocenters. The van der Waals surface area contributed by atoms with Gasteiger partial charge in [-0.25, -0.2) is 9.59 Å². The number of hydrogen-bond donors (Lipinski definition) is 0. The summed E-state index contributed by atoms with van der Waals surface area (Å²) in [7, 11) is 0. The van der Waals surface area contributed by atoms with Crippen LogP contribution in [0.3, 0.4) is 0 Å². The SMILES string of the molecule is C=CCOC(=O)CC1C(=O)OCN1C(=O)OCC1c2ccccc2-c2ccccc21. The molecule has 0 N–H and O–H groups in total. The third-order valence-electron chi connectivity index (χ3n) is 5.29. The van der Waals surface area contributed by atoms with Gasteiger partial charge in [0.15, 0.2) is 6.73 Å². The van der Waals surface area contributed by atoms with Crippen molar-refractivity contribution in [1.29, 1.82) is 0 Å². The summed E-state index contributed by atoms with van der Waals surface area (Å²) < 4.78 is 15.4. The van der Waals surface area contributed by atoms with Gasteiger partial charge in [0.25, 0.3) is 0 Å². The molecule has 2 aromatic rings. The van der Waals surface area contributed by atoms with Crippen molar-refractivity contribution in [3.05, 3.63) is 72.3 Å². The monoisotopic (exact) mass is 407 g/mol. The second-order valence-corrected chi connectivity index (χ2v) is 7.06. The van der Waals surface area contributed by atoms with Crippen LogP contribution >= 0.6 is 0 Å². The molecule has 1 fully saturated rings. The molecule has 30 heavy (non-hydrogen) atoms. The Morgan fingerprint density at radius 3 is 2.33 bits per heavy atom. The minimum absolute atomic E-state index is 0.0333. The van der Waals surface area contributed by atoms with Gasteiger partial charge < -0.3 is 14.2 Å². The molecular formula is C23H21NO6. The highest BCUT2D eigenvalue weighted by Gasteiger charge is 2.41. The molecule has 0 bridgehead atoms. The van der Waals surface area contributed by atoms with E-state index < -0.39 is 24.1 Å². The summed E-state index contributed by atoms with van der Waals surface area (Å²) in [6.45, 7) is 3.36. The Balaban J connectivity index is 1.45. The first-order valence-corrected chi connectivity index (χ1v) is 9.65. The van der Waals surface area contributed by atoms with Crippen molar-refractivity contribution in [1.82, 2.24) is 4.90 Å². The third-order valence-corrected chi connectivity index (χ3v) is 5.29. The van der Waals surface area contributed by atoms with Crippen LogP contribution in [0.1, 0.15) is 23.5 Å². The largest absolute Gasteiger partial charge is 0.461 e. The van der Waals surface area contributed by atoms with E-state index in [-0.39, 0.29) is 32.3 Å². The Hall–Kier alpha value is -3.61. The minimum atomic E-state index is -1.06. The van der Waals surface area contributed by atoms with Gasteiger partial charge in [-0.05, 0) is 22.3 Å². The predicted octanol–water partition coefficient (Wildman–Crippen LogP) is 3.24. The van der Waals surface area contributed by atoms with E-state index in [1.807, 2.05) is 48.5 Å². The van der Waals surface area contributed by atoms with Crippen LogP contribution in [0.15, 0.2) is 61.2 Å². The van der Waals surface area contributed by atoms with E-state index in [2.05, 4.69) is 6.58 Å². The molecule has 0 radical (unpaired) electrons. The Labute approximate surface area is 173 Å². The summed E-state index contributed by atoms with van der Waals surface area (Å²) in [5, 5.41) is 0. The number of benzene rings is 2. The van der Waals surface area contributed by atoms with Crippen molar-refractivity contribution >= 4 is 18.0 Å². The van der Waals surface area contributed by atoms with E-state index in [9.17, 15) is 14.4 Å². The number of rotatable bonds is 6. The van der Waals surface area contributed by atoms with Crippen LogP contribution < -0.4 is 0 Å². The highest BCUT2D eigenvalue weighted by molar-refractivity contribution is 5.88. The van der Waals surface area contributed by atoms with Crippen molar-refractivity contribution in [2.24, 2.45) is 0 Å². The molecule has 154 valence electrons. The number of carbonyl (C=O) groups excluding carboxylic acids is 3. The summed E-state index contributed by atoms with van der Waals surface area (Å²) in [4.78, 5) is 37.6. The lowest BCUT2D eigenvalue weighted by Crippen LogP contribution is -2.40. The fourth-order valence-electron chi connectivity index (χ4n) is 3.87. The minimum Gasteiger partial charge on any atom is -0.461 e. The Kier molecular flexibility index (Phi) is 5.52. The molecule has 1 heterocycles.